The van der Waals surface area contributed by atoms with Crippen molar-refractivity contribution in [3.8, 4) is 11.5 Å². The summed E-state index contributed by atoms with van der Waals surface area (Å²) in [4.78, 5) is 2.25. The standard InChI is InChI=1S/C17H28N2O2/c1-5-17(6-2,19(3)4)16(18)13-8-9-14-15(12-13)21-11-7-10-20-14/h8-9,12,16H,5-7,10-11,18H2,1-4H3. The largest absolute Gasteiger partial charge is 0.490 e. The van der Waals surface area contributed by atoms with Crippen LogP contribution in [0.15, 0.2) is 18.2 Å². The highest BCUT2D eigenvalue weighted by Gasteiger charge is 2.36. The molecular formula is C17H28N2O2. The van der Waals surface area contributed by atoms with Crippen molar-refractivity contribution in [3.63, 3.8) is 0 Å². The van der Waals surface area contributed by atoms with Crippen molar-refractivity contribution in [2.45, 2.75) is 44.7 Å². The van der Waals surface area contributed by atoms with Crippen LogP contribution in [0.1, 0.15) is 44.7 Å². The van der Waals surface area contributed by atoms with Crippen molar-refractivity contribution in [2.75, 3.05) is 27.3 Å². The van der Waals surface area contributed by atoms with E-state index >= 15 is 0 Å². The predicted octanol–water partition coefficient (Wildman–Crippen LogP) is 2.97. The molecule has 0 aromatic heterocycles. The van der Waals surface area contributed by atoms with Crippen LogP contribution in [0.2, 0.25) is 0 Å². The molecule has 0 saturated carbocycles. The average molecular weight is 292 g/mol. The molecule has 0 bridgehead atoms. The lowest BCUT2D eigenvalue weighted by atomic mass is 9.80. The number of likely N-dealkylation sites (N-methyl/N-ethyl adjacent to an activating group) is 1. The van der Waals surface area contributed by atoms with E-state index in [1.807, 2.05) is 6.07 Å². The zero-order chi connectivity index (χ0) is 15.5. The molecule has 1 aliphatic rings. The van der Waals surface area contributed by atoms with Gasteiger partial charge in [-0.25, -0.2) is 0 Å². The van der Waals surface area contributed by atoms with Gasteiger partial charge in [-0.2, -0.15) is 0 Å². The highest BCUT2D eigenvalue weighted by atomic mass is 16.5. The Morgan fingerprint density at radius 1 is 1.14 bits per heavy atom. The van der Waals surface area contributed by atoms with Crippen molar-refractivity contribution in [2.24, 2.45) is 5.73 Å². The Balaban J connectivity index is 2.34. The monoisotopic (exact) mass is 292 g/mol. The molecule has 0 spiro atoms. The van der Waals surface area contributed by atoms with Crippen LogP contribution < -0.4 is 15.2 Å². The summed E-state index contributed by atoms with van der Waals surface area (Å²) in [6.07, 6.45) is 2.93. The molecule has 21 heavy (non-hydrogen) atoms. The lowest BCUT2D eigenvalue weighted by Crippen LogP contribution is -2.51. The summed E-state index contributed by atoms with van der Waals surface area (Å²) >= 11 is 0. The van der Waals surface area contributed by atoms with E-state index in [-0.39, 0.29) is 11.6 Å². The number of nitrogens with two attached hydrogens (primary N) is 1. The summed E-state index contributed by atoms with van der Waals surface area (Å²) in [6.45, 7) is 5.81. The van der Waals surface area contributed by atoms with Crippen LogP contribution >= 0.6 is 0 Å². The highest BCUT2D eigenvalue weighted by Crippen LogP contribution is 2.38. The topological polar surface area (TPSA) is 47.7 Å². The van der Waals surface area contributed by atoms with E-state index in [9.17, 15) is 0 Å². The van der Waals surface area contributed by atoms with Gasteiger partial charge in [-0.15, -0.1) is 0 Å². The second-order valence-electron chi connectivity index (χ2n) is 5.94. The summed E-state index contributed by atoms with van der Waals surface area (Å²) in [7, 11) is 4.21. The lowest BCUT2D eigenvalue weighted by molar-refractivity contribution is 0.106. The van der Waals surface area contributed by atoms with Gasteiger partial charge in [0.25, 0.3) is 0 Å². The minimum absolute atomic E-state index is 0.0418. The molecule has 1 aromatic rings. The van der Waals surface area contributed by atoms with E-state index in [1.54, 1.807) is 0 Å². The van der Waals surface area contributed by atoms with Gasteiger partial charge >= 0.3 is 0 Å². The first kappa shape index (κ1) is 16.1. The molecule has 2 rings (SSSR count). The first-order valence-corrected chi connectivity index (χ1v) is 7.87. The van der Waals surface area contributed by atoms with Crippen LogP contribution in [-0.4, -0.2) is 37.7 Å². The fraction of sp³-hybridized carbons (Fsp3) is 0.647. The number of nitrogens with zero attached hydrogens (tertiary/aromatic N) is 1. The average Bonchev–Trinajstić information content (AvgIpc) is 2.73. The molecule has 4 heteroatoms. The Hall–Kier alpha value is -1.26. The second-order valence-corrected chi connectivity index (χ2v) is 5.94. The lowest BCUT2D eigenvalue weighted by Gasteiger charge is -2.43. The highest BCUT2D eigenvalue weighted by molar-refractivity contribution is 5.45. The molecule has 0 aliphatic carbocycles. The Morgan fingerprint density at radius 2 is 1.76 bits per heavy atom. The van der Waals surface area contributed by atoms with Crippen LogP contribution in [-0.2, 0) is 0 Å². The van der Waals surface area contributed by atoms with E-state index in [0.29, 0.717) is 13.2 Å². The number of hydrogen-bond acceptors (Lipinski definition) is 4. The van der Waals surface area contributed by atoms with Gasteiger partial charge in [0.15, 0.2) is 11.5 Å². The van der Waals surface area contributed by atoms with E-state index < -0.39 is 0 Å². The molecule has 0 amide bonds. The SMILES string of the molecule is CCC(CC)(C(N)c1ccc2c(c1)OCCCO2)N(C)C. The molecular weight excluding hydrogens is 264 g/mol. The van der Waals surface area contributed by atoms with Gasteiger partial charge in [0.05, 0.1) is 13.2 Å². The first-order valence-electron chi connectivity index (χ1n) is 7.87. The quantitative estimate of drug-likeness (QED) is 0.906. The molecule has 1 heterocycles. The van der Waals surface area contributed by atoms with Crippen molar-refractivity contribution in [1.29, 1.82) is 0 Å². The van der Waals surface area contributed by atoms with Crippen molar-refractivity contribution in [3.05, 3.63) is 23.8 Å². The van der Waals surface area contributed by atoms with Crippen molar-refractivity contribution >= 4 is 0 Å². The zero-order valence-electron chi connectivity index (χ0n) is 13.7. The number of hydrogen-bond donors (Lipinski definition) is 1. The van der Waals surface area contributed by atoms with Crippen LogP contribution in [0, 0.1) is 0 Å². The van der Waals surface area contributed by atoms with Crippen LogP contribution in [0.4, 0.5) is 0 Å². The summed E-state index contributed by atoms with van der Waals surface area (Å²) in [5, 5.41) is 0. The predicted molar refractivity (Wildman–Crippen MR) is 86.0 cm³/mol. The van der Waals surface area contributed by atoms with Gasteiger partial charge < -0.3 is 20.1 Å². The fourth-order valence-electron chi connectivity index (χ4n) is 3.28. The number of benzene rings is 1. The normalized spacial score (nSPS) is 16.7. The molecule has 1 aromatic carbocycles. The fourth-order valence-corrected chi connectivity index (χ4v) is 3.28. The maximum Gasteiger partial charge on any atom is 0.161 e. The molecule has 2 N–H and O–H groups in total. The molecule has 118 valence electrons. The number of ether oxygens (including phenoxy) is 2. The van der Waals surface area contributed by atoms with Crippen LogP contribution in [0.25, 0.3) is 0 Å². The van der Waals surface area contributed by atoms with E-state index in [0.717, 1.165) is 36.3 Å². The Labute approximate surface area is 128 Å². The van der Waals surface area contributed by atoms with Gasteiger partial charge in [-0.05, 0) is 44.6 Å². The minimum atomic E-state index is -0.0559. The number of rotatable bonds is 5. The summed E-state index contributed by atoms with van der Waals surface area (Å²) in [6, 6.07) is 6.05. The summed E-state index contributed by atoms with van der Waals surface area (Å²) in [5.74, 6) is 1.65. The van der Waals surface area contributed by atoms with Crippen LogP contribution in [0.3, 0.4) is 0 Å². The molecule has 1 aliphatic heterocycles. The summed E-state index contributed by atoms with van der Waals surface area (Å²) in [5.41, 5.74) is 7.70. The van der Waals surface area contributed by atoms with Gasteiger partial charge in [0, 0.05) is 18.0 Å². The molecule has 0 radical (unpaired) electrons. The molecule has 1 unspecified atom stereocenters. The Kier molecular flexibility index (Phi) is 5.12. The molecule has 0 saturated heterocycles. The molecule has 0 fully saturated rings. The first-order chi connectivity index (χ1) is 10.0. The molecule has 1 atom stereocenters. The zero-order valence-corrected chi connectivity index (χ0v) is 13.7. The smallest absolute Gasteiger partial charge is 0.161 e. The van der Waals surface area contributed by atoms with Crippen molar-refractivity contribution < 1.29 is 9.47 Å². The van der Waals surface area contributed by atoms with Gasteiger partial charge in [-0.3, -0.25) is 0 Å². The van der Waals surface area contributed by atoms with Gasteiger partial charge in [0.1, 0.15) is 0 Å². The molecule has 4 nitrogen and oxygen atoms in total. The maximum absolute atomic E-state index is 6.63. The Bertz CT molecular complexity index is 470. The van der Waals surface area contributed by atoms with Gasteiger partial charge in [-0.1, -0.05) is 19.9 Å². The minimum Gasteiger partial charge on any atom is -0.490 e. The third kappa shape index (κ3) is 3.01. The Morgan fingerprint density at radius 3 is 2.33 bits per heavy atom. The van der Waals surface area contributed by atoms with E-state index in [2.05, 4.69) is 45.0 Å². The van der Waals surface area contributed by atoms with E-state index in [4.69, 9.17) is 15.2 Å². The second kappa shape index (κ2) is 6.67. The van der Waals surface area contributed by atoms with Gasteiger partial charge in [0.2, 0.25) is 0 Å². The third-order valence-electron chi connectivity index (χ3n) is 4.82. The number of fused-ring (bicyclic) bond motifs is 1. The van der Waals surface area contributed by atoms with Crippen molar-refractivity contribution in [1.82, 2.24) is 4.90 Å². The maximum atomic E-state index is 6.63. The van der Waals surface area contributed by atoms with E-state index in [1.165, 1.54) is 0 Å². The third-order valence-corrected chi connectivity index (χ3v) is 4.82. The summed E-state index contributed by atoms with van der Waals surface area (Å²) < 4.78 is 11.5. The van der Waals surface area contributed by atoms with Crippen LogP contribution in [0.5, 0.6) is 11.5 Å².